The smallest absolute Gasteiger partial charge is 0.255 e. The van der Waals surface area contributed by atoms with E-state index in [9.17, 15) is 9.59 Å². The molecule has 2 amide bonds. The zero-order valence-corrected chi connectivity index (χ0v) is 11.2. The highest BCUT2D eigenvalue weighted by molar-refractivity contribution is 5.97. The van der Waals surface area contributed by atoms with E-state index in [0.717, 1.165) is 0 Å². The van der Waals surface area contributed by atoms with Crippen molar-refractivity contribution in [3.05, 3.63) is 23.7 Å². The van der Waals surface area contributed by atoms with Gasteiger partial charge in [0.15, 0.2) is 0 Å². The number of amides is 2. The van der Waals surface area contributed by atoms with Crippen molar-refractivity contribution in [3.8, 4) is 0 Å². The van der Waals surface area contributed by atoms with Gasteiger partial charge in [0.25, 0.3) is 5.91 Å². The summed E-state index contributed by atoms with van der Waals surface area (Å²) in [6.07, 6.45) is 2.00. The van der Waals surface area contributed by atoms with Crippen LogP contribution in [-0.4, -0.2) is 35.3 Å². The van der Waals surface area contributed by atoms with Gasteiger partial charge in [-0.2, -0.15) is 0 Å². The van der Waals surface area contributed by atoms with Gasteiger partial charge in [-0.15, -0.1) is 0 Å². The SMILES string of the molecule is CC(C)N1CCC(NC(=O)c2coc(CN)c2)C1=O. The minimum Gasteiger partial charge on any atom is -0.467 e. The number of carbonyl (C=O) groups excluding carboxylic acids is 2. The van der Waals surface area contributed by atoms with Gasteiger partial charge >= 0.3 is 0 Å². The lowest BCUT2D eigenvalue weighted by Crippen LogP contribution is -2.43. The lowest BCUT2D eigenvalue weighted by atomic mass is 10.2. The topological polar surface area (TPSA) is 88.6 Å². The summed E-state index contributed by atoms with van der Waals surface area (Å²) in [6.45, 7) is 4.86. The molecule has 1 unspecified atom stereocenters. The fraction of sp³-hybridized carbons (Fsp3) is 0.538. The first-order chi connectivity index (χ1) is 9.02. The summed E-state index contributed by atoms with van der Waals surface area (Å²) >= 11 is 0. The number of nitrogens with one attached hydrogen (secondary N) is 1. The number of hydrogen-bond donors (Lipinski definition) is 2. The van der Waals surface area contributed by atoms with Gasteiger partial charge in [-0.3, -0.25) is 9.59 Å². The third-order valence-corrected chi connectivity index (χ3v) is 3.29. The first-order valence-corrected chi connectivity index (χ1v) is 6.41. The Balaban J connectivity index is 1.98. The molecule has 0 bridgehead atoms. The number of nitrogens with two attached hydrogens (primary N) is 1. The Morgan fingerprint density at radius 1 is 1.63 bits per heavy atom. The molecule has 0 saturated carbocycles. The van der Waals surface area contributed by atoms with Crippen LogP contribution in [0.2, 0.25) is 0 Å². The van der Waals surface area contributed by atoms with Crippen molar-refractivity contribution in [1.82, 2.24) is 10.2 Å². The fourth-order valence-corrected chi connectivity index (χ4v) is 2.20. The van der Waals surface area contributed by atoms with Crippen LogP contribution in [-0.2, 0) is 11.3 Å². The maximum Gasteiger partial charge on any atom is 0.255 e. The molecule has 6 nitrogen and oxygen atoms in total. The van der Waals surface area contributed by atoms with E-state index in [1.165, 1.54) is 6.26 Å². The summed E-state index contributed by atoms with van der Waals surface area (Å²) in [5.74, 6) is 0.227. The number of nitrogens with zero attached hydrogens (tertiary/aromatic N) is 1. The molecule has 1 aromatic heterocycles. The molecule has 0 spiro atoms. The van der Waals surface area contributed by atoms with Crippen LogP contribution in [0.15, 0.2) is 16.7 Å². The Morgan fingerprint density at radius 2 is 2.37 bits per heavy atom. The second-order valence-electron chi connectivity index (χ2n) is 4.95. The zero-order valence-electron chi connectivity index (χ0n) is 11.2. The van der Waals surface area contributed by atoms with E-state index in [0.29, 0.717) is 24.3 Å². The summed E-state index contributed by atoms with van der Waals surface area (Å²) in [4.78, 5) is 25.8. The van der Waals surface area contributed by atoms with Crippen molar-refractivity contribution in [2.24, 2.45) is 5.73 Å². The molecule has 104 valence electrons. The number of furan rings is 1. The van der Waals surface area contributed by atoms with Crippen molar-refractivity contribution < 1.29 is 14.0 Å². The Labute approximate surface area is 111 Å². The predicted octanol–water partition coefficient (Wildman–Crippen LogP) is 0.477. The van der Waals surface area contributed by atoms with Crippen molar-refractivity contribution in [1.29, 1.82) is 0 Å². The van der Waals surface area contributed by atoms with Gasteiger partial charge in [-0.05, 0) is 26.3 Å². The van der Waals surface area contributed by atoms with Gasteiger partial charge in [-0.1, -0.05) is 0 Å². The van der Waals surface area contributed by atoms with Crippen molar-refractivity contribution in [2.45, 2.75) is 38.9 Å². The van der Waals surface area contributed by atoms with E-state index in [4.69, 9.17) is 10.2 Å². The molecule has 2 rings (SSSR count). The van der Waals surface area contributed by atoms with Crippen LogP contribution in [0.5, 0.6) is 0 Å². The van der Waals surface area contributed by atoms with Gasteiger partial charge in [0, 0.05) is 12.6 Å². The fourth-order valence-electron chi connectivity index (χ4n) is 2.20. The highest BCUT2D eigenvalue weighted by Crippen LogP contribution is 2.15. The average molecular weight is 265 g/mol. The van der Waals surface area contributed by atoms with Gasteiger partial charge in [0.05, 0.1) is 12.1 Å². The van der Waals surface area contributed by atoms with Crippen LogP contribution in [0.4, 0.5) is 0 Å². The zero-order chi connectivity index (χ0) is 14.0. The first kappa shape index (κ1) is 13.6. The van der Waals surface area contributed by atoms with E-state index in [2.05, 4.69) is 5.32 Å². The van der Waals surface area contributed by atoms with Gasteiger partial charge in [0.1, 0.15) is 18.1 Å². The van der Waals surface area contributed by atoms with Gasteiger partial charge < -0.3 is 20.4 Å². The Morgan fingerprint density at radius 3 is 2.89 bits per heavy atom. The maximum atomic E-state index is 12.0. The van der Waals surface area contributed by atoms with Crippen LogP contribution >= 0.6 is 0 Å². The summed E-state index contributed by atoms with van der Waals surface area (Å²) in [5, 5.41) is 2.74. The van der Waals surface area contributed by atoms with E-state index in [1.807, 2.05) is 13.8 Å². The maximum absolute atomic E-state index is 12.0. The quantitative estimate of drug-likeness (QED) is 0.828. The van der Waals surface area contributed by atoms with E-state index < -0.39 is 6.04 Å². The molecular weight excluding hydrogens is 246 g/mol. The molecule has 0 radical (unpaired) electrons. The van der Waals surface area contributed by atoms with Crippen LogP contribution in [0.3, 0.4) is 0 Å². The molecule has 19 heavy (non-hydrogen) atoms. The molecular formula is C13H19N3O3. The minimum absolute atomic E-state index is 0.0223. The molecule has 1 aromatic rings. The van der Waals surface area contributed by atoms with Crippen molar-refractivity contribution >= 4 is 11.8 Å². The molecule has 1 saturated heterocycles. The highest BCUT2D eigenvalue weighted by atomic mass is 16.3. The van der Waals surface area contributed by atoms with Crippen LogP contribution in [0.1, 0.15) is 36.4 Å². The monoisotopic (exact) mass is 265 g/mol. The second-order valence-corrected chi connectivity index (χ2v) is 4.95. The first-order valence-electron chi connectivity index (χ1n) is 6.41. The largest absolute Gasteiger partial charge is 0.467 e. The molecule has 2 heterocycles. The summed E-state index contributed by atoms with van der Waals surface area (Å²) in [6, 6.07) is 1.31. The highest BCUT2D eigenvalue weighted by Gasteiger charge is 2.34. The van der Waals surface area contributed by atoms with Crippen molar-refractivity contribution in [2.75, 3.05) is 6.54 Å². The average Bonchev–Trinajstić information content (AvgIpc) is 2.97. The van der Waals surface area contributed by atoms with E-state index in [-0.39, 0.29) is 24.4 Å². The predicted molar refractivity (Wildman–Crippen MR) is 69.3 cm³/mol. The molecule has 0 aliphatic carbocycles. The molecule has 3 N–H and O–H groups in total. The lowest BCUT2D eigenvalue weighted by molar-refractivity contribution is -0.130. The Hall–Kier alpha value is -1.82. The molecule has 1 atom stereocenters. The summed E-state index contributed by atoms with van der Waals surface area (Å²) < 4.78 is 5.10. The van der Waals surface area contributed by atoms with Gasteiger partial charge in [-0.25, -0.2) is 0 Å². The van der Waals surface area contributed by atoms with Gasteiger partial charge in [0.2, 0.25) is 5.91 Å². The Bertz CT molecular complexity index is 481. The van der Waals surface area contributed by atoms with E-state index in [1.54, 1.807) is 11.0 Å². The normalized spacial score (nSPS) is 19.3. The molecule has 0 aromatic carbocycles. The molecule has 1 aliphatic heterocycles. The van der Waals surface area contributed by atoms with Crippen LogP contribution < -0.4 is 11.1 Å². The van der Waals surface area contributed by atoms with E-state index >= 15 is 0 Å². The number of likely N-dealkylation sites (tertiary alicyclic amines) is 1. The number of hydrogen-bond acceptors (Lipinski definition) is 4. The third-order valence-electron chi connectivity index (χ3n) is 3.29. The minimum atomic E-state index is -0.439. The molecule has 6 heteroatoms. The summed E-state index contributed by atoms with van der Waals surface area (Å²) in [5.41, 5.74) is 5.81. The Kier molecular flexibility index (Phi) is 3.90. The van der Waals surface area contributed by atoms with Crippen molar-refractivity contribution in [3.63, 3.8) is 0 Å². The summed E-state index contributed by atoms with van der Waals surface area (Å²) in [7, 11) is 0. The second kappa shape index (κ2) is 5.44. The standard InChI is InChI=1S/C13H19N3O3/c1-8(2)16-4-3-11(13(16)18)15-12(17)9-5-10(6-14)19-7-9/h5,7-8,11H,3-4,6,14H2,1-2H3,(H,15,17). The number of carbonyl (C=O) groups is 2. The van der Waals surface area contributed by atoms with Crippen LogP contribution in [0.25, 0.3) is 0 Å². The lowest BCUT2D eigenvalue weighted by Gasteiger charge is -2.21. The molecule has 1 fully saturated rings. The van der Waals surface area contributed by atoms with Crippen LogP contribution in [0, 0.1) is 0 Å². The third kappa shape index (κ3) is 2.78. The molecule has 1 aliphatic rings. The number of rotatable bonds is 4.